The molecule has 0 radical (unpaired) electrons. The first kappa shape index (κ1) is 8.29. The maximum absolute atomic E-state index is 3.31. The fraction of sp³-hybridized carbons (Fsp3) is 0.250. The van der Waals surface area contributed by atoms with Gasteiger partial charge in [-0.15, -0.1) is 0 Å². The summed E-state index contributed by atoms with van der Waals surface area (Å²) >= 11 is 0. The average molecular weight is 166 g/mol. The molecule has 0 unspecified atom stereocenters. The molecule has 0 bridgehead atoms. The van der Waals surface area contributed by atoms with Gasteiger partial charge in [0.05, 0.1) is 10.4 Å². The van der Waals surface area contributed by atoms with Crippen molar-refractivity contribution in [3.05, 3.63) is 30.3 Å². The van der Waals surface area contributed by atoms with E-state index in [9.17, 15) is 0 Å². The van der Waals surface area contributed by atoms with Gasteiger partial charge < -0.3 is 10.3 Å². The summed E-state index contributed by atoms with van der Waals surface area (Å²) < 4.78 is 0. The molecule has 0 atom stereocenters. The Balaban J connectivity index is 2.28. The van der Waals surface area contributed by atoms with Crippen LogP contribution in [0.3, 0.4) is 0 Å². The second-order valence-corrected chi connectivity index (χ2v) is 3.10. The molecule has 1 rings (SSSR count). The molecular weight excluding hydrogens is 152 g/mol. The summed E-state index contributed by atoms with van der Waals surface area (Å²) in [6, 6.07) is 10.3. The predicted molar refractivity (Wildman–Crippen MR) is 52.9 cm³/mol. The Morgan fingerprint density at radius 1 is 1.09 bits per heavy atom. The van der Waals surface area contributed by atoms with Gasteiger partial charge in [-0.1, -0.05) is 18.2 Å². The van der Waals surface area contributed by atoms with Crippen LogP contribution in [-0.4, -0.2) is 23.5 Å². The molecule has 0 fully saturated rings. The van der Waals surface area contributed by atoms with Crippen molar-refractivity contribution in [3.63, 3.8) is 0 Å². The Hall–Kier alpha value is -0.803. The fourth-order valence-electron chi connectivity index (χ4n) is 0.888. The van der Waals surface area contributed by atoms with Gasteiger partial charge in [-0.25, -0.2) is 0 Å². The van der Waals surface area contributed by atoms with Crippen molar-refractivity contribution < 1.29 is 0 Å². The van der Waals surface area contributed by atoms with E-state index in [-0.39, 0.29) is 0 Å². The Kier molecular flexibility index (Phi) is 3.72. The normalized spacial score (nSPS) is 9.82. The average Bonchev–Trinajstić information content (AvgIpc) is 2.07. The lowest BCUT2D eigenvalue weighted by Gasteiger charge is -2.04. The van der Waals surface area contributed by atoms with E-state index in [0.29, 0.717) is 0 Å². The van der Waals surface area contributed by atoms with Gasteiger partial charge in [0, 0.05) is 18.8 Å². The minimum Gasteiger partial charge on any atom is -0.384 e. The van der Waals surface area contributed by atoms with Crippen LogP contribution in [0.15, 0.2) is 30.3 Å². The summed E-state index contributed by atoms with van der Waals surface area (Å²) in [5.41, 5.74) is 1.20. The van der Waals surface area contributed by atoms with Crippen LogP contribution >= 0.6 is 0 Å². The number of rotatable bonds is 4. The first-order valence-corrected chi connectivity index (χ1v) is 4.87. The minimum atomic E-state index is 1.01. The van der Waals surface area contributed by atoms with E-state index in [4.69, 9.17) is 0 Å². The van der Waals surface area contributed by atoms with Crippen molar-refractivity contribution >= 4 is 16.1 Å². The van der Waals surface area contributed by atoms with Gasteiger partial charge in [-0.3, -0.25) is 0 Å². The topological polar surface area (TPSA) is 24.1 Å². The molecule has 60 valence electrons. The summed E-state index contributed by atoms with van der Waals surface area (Å²) in [6.07, 6.45) is 0. The molecule has 11 heavy (non-hydrogen) atoms. The minimum absolute atomic E-state index is 1.01. The molecule has 2 N–H and O–H groups in total. The summed E-state index contributed by atoms with van der Waals surface area (Å²) in [4.78, 5) is 3.21. The zero-order valence-corrected chi connectivity index (χ0v) is 8.80. The molecule has 0 saturated carbocycles. The number of benzene rings is 1. The second-order valence-electron chi connectivity index (χ2n) is 2.40. The number of para-hydroxylation sites is 1. The summed E-state index contributed by atoms with van der Waals surface area (Å²) in [5, 5.41) is 3.31. The summed E-state index contributed by atoms with van der Waals surface area (Å²) in [5.74, 6) is 0. The van der Waals surface area contributed by atoms with E-state index in [1.807, 2.05) is 18.2 Å². The number of anilines is 1. The lowest BCUT2D eigenvalue weighted by Crippen LogP contribution is -2.18. The monoisotopic (exact) mass is 166 g/mol. The largest absolute Gasteiger partial charge is 0.384 e. The molecule has 2 nitrogen and oxygen atoms in total. The SMILES string of the molecule is [SiH3]NCCNc1ccccc1. The van der Waals surface area contributed by atoms with Crippen molar-refractivity contribution in [2.45, 2.75) is 0 Å². The van der Waals surface area contributed by atoms with E-state index in [2.05, 4.69) is 22.4 Å². The van der Waals surface area contributed by atoms with E-state index in [1.165, 1.54) is 5.69 Å². The molecule has 1 aromatic rings. The van der Waals surface area contributed by atoms with Crippen LogP contribution < -0.4 is 10.3 Å². The molecule has 1 aromatic carbocycles. The van der Waals surface area contributed by atoms with Crippen LogP contribution in [0, 0.1) is 0 Å². The van der Waals surface area contributed by atoms with Crippen molar-refractivity contribution in [2.75, 3.05) is 18.4 Å². The number of nitrogens with one attached hydrogen (secondary N) is 2. The van der Waals surface area contributed by atoms with Crippen molar-refractivity contribution in [2.24, 2.45) is 0 Å². The van der Waals surface area contributed by atoms with Crippen molar-refractivity contribution in [3.8, 4) is 0 Å². The Bertz CT molecular complexity index is 189. The molecule has 0 spiro atoms. The first-order chi connectivity index (χ1) is 5.43. The van der Waals surface area contributed by atoms with E-state index in [0.717, 1.165) is 23.5 Å². The zero-order valence-electron chi connectivity index (χ0n) is 6.80. The molecular formula is C8H14N2Si. The van der Waals surface area contributed by atoms with Gasteiger partial charge in [0.15, 0.2) is 0 Å². The molecule has 0 aliphatic rings. The van der Waals surface area contributed by atoms with Gasteiger partial charge in [0.25, 0.3) is 0 Å². The first-order valence-electron chi connectivity index (χ1n) is 3.87. The lowest BCUT2D eigenvalue weighted by atomic mass is 10.3. The van der Waals surface area contributed by atoms with Crippen LogP contribution in [0.1, 0.15) is 0 Å². The summed E-state index contributed by atoms with van der Waals surface area (Å²) in [6.45, 7) is 2.06. The predicted octanol–water partition coefficient (Wildman–Crippen LogP) is -0.0315. The van der Waals surface area contributed by atoms with Gasteiger partial charge >= 0.3 is 0 Å². The molecule has 0 aromatic heterocycles. The van der Waals surface area contributed by atoms with E-state index < -0.39 is 0 Å². The third-order valence-electron chi connectivity index (χ3n) is 1.48. The quantitative estimate of drug-likeness (QED) is 0.485. The lowest BCUT2D eigenvalue weighted by molar-refractivity contribution is 0.944. The van der Waals surface area contributed by atoms with Crippen LogP contribution in [-0.2, 0) is 0 Å². The van der Waals surface area contributed by atoms with Crippen LogP contribution in [0.25, 0.3) is 0 Å². The van der Waals surface area contributed by atoms with Gasteiger partial charge in [-0.05, 0) is 12.1 Å². The highest BCUT2D eigenvalue weighted by Gasteiger charge is 1.85. The highest BCUT2D eigenvalue weighted by atomic mass is 28.2. The van der Waals surface area contributed by atoms with Gasteiger partial charge in [0.1, 0.15) is 0 Å². The maximum atomic E-state index is 3.31. The van der Waals surface area contributed by atoms with E-state index in [1.54, 1.807) is 0 Å². The third-order valence-corrected chi connectivity index (χ3v) is 1.98. The van der Waals surface area contributed by atoms with Gasteiger partial charge in [-0.2, -0.15) is 0 Å². The number of hydrogen-bond donors (Lipinski definition) is 2. The van der Waals surface area contributed by atoms with Crippen LogP contribution in [0.5, 0.6) is 0 Å². The highest BCUT2D eigenvalue weighted by molar-refractivity contribution is 6.04. The molecule has 0 aliphatic heterocycles. The Morgan fingerprint density at radius 2 is 1.82 bits per heavy atom. The molecule has 3 heteroatoms. The van der Waals surface area contributed by atoms with Crippen molar-refractivity contribution in [1.82, 2.24) is 4.98 Å². The van der Waals surface area contributed by atoms with Crippen LogP contribution in [0.4, 0.5) is 5.69 Å². The Morgan fingerprint density at radius 3 is 2.45 bits per heavy atom. The smallest absolute Gasteiger partial charge is 0.0750 e. The fourth-order valence-corrected chi connectivity index (χ4v) is 1.14. The maximum Gasteiger partial charge on any atom is 0.0750 e. The third kappa shape index (κ3) is 3.20. The van der Waals surface area contributed by atoms with Crippen molar-refractivity contribution in [1.29, 1.82) is 0 Å². The number of hydrogen-bond acceptors (Lipinski definition) is 2. The second kappa shape index (κ2) is 4.93. The molecule has 0 amide bonds. The highest BCUT2D eigenvalue weighted by Crippen LogP contribution is 2.02. The molecule has 0 aliphatic carbocycles. The Labute approximate surface area is 70.5 Å². The standard InChI is InChI=1S/C8H14N2Si/c11-10-7-6-9-8-4-2-1-3-5-8/h1-5,9-10H,6-7H2,11H3. The van der Waals surface area contributed by atoms with E-state index >= 15 is 0 Å². The molecule has 0 heterocycles. The molecule has 0 saturated heterocycles. The van der Waals surface area contributed by atoms with Crippen LogP contribution in [0.2, 0.25) is 0 Å². The van der Waals surface area contributed by atoms with Gasteiger partial charge in [0.2, 0.25) is 0 Å². The summed E-state index contributed by atoms with van der Waals surface area (Å²) in [7, 11) is 1.08. The zero-order chi connectivity index (χ0) is 7.94.